The van der Waals surface area contributed by atoms with Crippen LogP contribution in [0.3, 0.4) is 0 Å². The minimum atomic E-state index is -0.0665. The Labute approximate surface area is 137 Å². The highest BCUT2D eigenvalue weighted by Gasteiger charge is 2.23. The SMILES string of the molecule is CC(C)(C)c1nc2ccc(Br)cc2c2nc3ccccc3n12. The highest BCUT2D eigenvalue weighted by atomic mass is 79.9. The molecule has 0 aliphatic rings. The number of rotatable bonds is 0. The van der Waals surface area contributed by atoms with Crippen LogP contribution in [0.1, 0.15) is 26.6 Å². The zero-order chi connectivity index (χ0) is 15.5. The smallest absolute Gasteiger partial charge is 0.148 e. The van der Waals surface area contributed by atoms with E-state index in [1.54, 1.807) is 0 Å². The van der Waals surface area contributed by atoms with Crippen molar-refractivity contribution in [3.05, 3.63) is 52.8 Å². The number of hydrogen-bond acceptors (Lipinski definition) is 2. The van der Waals surface area contributed by atoms with Gasteiger partial charge in [0.1, 0.15) is 11.5 Å². The molecule has 0 spiro atoms. The topological polar surface area (TPSA) is 30.2 Å². The summed E-state index contributed by atoms with van der Waals surface area (Å²) in [4.78, 5) is 9.80. The minimum absolute atomic E-state index is 0.0665. The first-order chi connectivity index (χ1) is 10.4. The van der Waals surface area contributed by atoms with E-state index >= 15 is 0 Å². The Balaban J connectivity index is 2.32. The number of halogens is 1. The van der Waals surface area contributed by atoms with Crippen LogP contribution in [0.2, 0.25) is 0 Å². The maximum atomic E-state index is 4.94. The number of para-hydroxylation sites is 2. The molecule has 0 aliphatic heterocycles. The summed E-state index contributed by atoms with van der Waals surface area (Å²) in [5, 5.41) is 1.07. The zero-order valence-corrected chi connectivity index (χ0v) is 14.3. The third kappa shape index (κ3) is 1.94. The van der Waals surface area contributed by atoms with Crippen molar-refractivity contribution >= 4 is 43.5 Å². The van der Waals surface area contributed by atoms with E-state index in [-0.39, 0.29) is 5.41 Å². The summed E-state index contributed by atoms with van der Waals surface area (Å²) in [6.07, 6.45) is 0. The van der Waals surface area contributed by atoms with E-state index in [2.05, 4.69) is 59.3 Å². The highest BCUT2D eigenvalue weighted by molar-refractivity contribution is 9.10. The summed E-state index contributed by atoms with van der Waals surface area (Å²) < 4.78 is 3.24. The van der Waals surface area contributed by atoms with Crippen molar-refractivity contribution in [3.8, 4) is 0 Å². The Bertz CT molecular complexity index is 1030. The lowest BCUT2D eigenvalue weighted by atomic mass is 9.95. The van der Waals surface area contributed by atoms with Crippen LogP contribution in [0.15, 0.2) is 46.9 Å². The van der Waals surface area contributed by atoms with Gasteiger partial charge < -0.3 is 0 Å². The number of hydrogen-bond donors (Lipinski definition) is 0. The maximum Gasteiger partial charge on any atom is 0.148 e. The molecule has 0 aliphatic carbocycles. The molecule has 4 aromatic rings. The number of fused-ring (bicyclic) bond motifs is 5. The number of imidazole rings is 1. The Morgan fingerprint density at radius 1 is 0.955 bits per heavy atom. The van der Waals surface area contributed by atoms with E-state index in [0.29, 0.717) is 0 Å². The van der Waals surface area contributed by atoms with Crippen LogP contribution in [-0.4, -0.2) is 14.4 Å². The molecule has 22 heavy (non-hydrogen) atoms. The lowest BCUT2D eigenvalue weighted by Crippen LogP contribution is -2.19. The van der Waals surface area contributed by atoms with E-state index in [0.717, 1.165) is 37.9 Å². The standard InChI is InChI=1S/C18H16BrN3/c1-18(2,3)17-21-13-9-8-11(19)10-12(13)16-20-14-6-4-5-7-15(14)22(16)17/h4-10H,1-3H3. The number of benzene rings is 2. The summed E-state index contributed by atoms with van der Waals surface area (Å²) in [5.74, 6) is 1.03. The van der Waals surface area contributed by atoms with Gasteiger partial charge in [-0.25, -0.2) is 9.97 Å². The largest absolute Gasteiger partial charge is 0.279 e. The summed E-state index contributed by atoms with van der Waals surface area (Å²) >= 11 is 3.56. The summed E-state index contributed by atoms with van der Waals surface area (Å²) in [6, 6.07) is 14.4. The second-order valence-corrected chi connectivity index (χ2v) is 7.52. The zero-order valence-electron chi connectivity index (χ0n) is 12.8. The lowest BCUT2D eigenvalue weighted by molar-refractivity contribution is 0.542. The normalized spacial score (nSPS) is 12.5. The molecule has 110 valence electrons. The van der Waals surface area contributed by atoms with E-state index in [4.69, 9.17) is 9.97 Å². The van der Waals surface area contributed by atoms with Gasteiger partial charge in [0, 0.05) is 15.3 Å². The molecule has 0 fully saturated rings. The molecule has 4 rings (SSSR count). The fourth-order valence-corrected chi connectivity index (χ4v) is 3.23. The van der Waals surface area contributed by atoms with E-state index in [1.165, 1.54) is 0 Å². The second-order valence-electron chi connectivity index (χ2n) is 6.61. The van der Waals surface area contributed by atoms with Crippen molar-refractivity contribution < 1.29 is 0 Å². The van der Waals surface area contributed by atoms with E-state index < -0.39 is 0 Å². The molecule has 0 unspecified atom stereocenters. The first-order valence-corrected chi connectivity index (χ1v) is 8.11. The van der Waals surface area contributed by atoms with Crippen molar-refractivity contribution in [1.29, 1.82) is 0 Å². The van der Waals surface area contributed by atoms with Gasteiger partial charge in [0.05, 0.1) is 16.6 Å². The molecule has 2 aromatic carbocycles. The predicted molar refractivity (Wildman–Crippen MR) is 94.4 cm³/mol. The van der Waals surface area contributed by atoms with Crippen molar-refractivity contribution in [3.63, 3.8) is 0 Å². The van der Waals surface area contributed by atoms with Gasteiger partial charge in [-0.1, -0.05) is 48.8 Å². The molecule has 0 saturated heterocycles. The van der Waals surface area contributed by atoms with Crippen LogP contribution < -0.4 is 0 Å². The summed E-state index contributed by atoms with van der Waals surface area (Å²) in [5.41, 5.74) is 4.00. The van der Waals surface area contributed by atoms with Gasteiger partial charge in [0.2, 0.25) is 0 Å². The molecule has 0 saturated carbocycles. The van der Waals surface area contributed by atoms with Crippen LogP contribution >= 0.6 is 15.9 Å². The van der Waals surface area contributed by atoms with Crippen LogP contribution in [0, 0.1) is 0 Å². The first-order valence-electron chi connectivity index (χ1n) is 7.32. The highest BCUT2D eigenvalue weighted by Crippen LogP contribution is 2.31. The van der Waals surface area contributed by atoms with Gasteiger partial charge >= 0.3 is 0 Å². The van der Waals surface area contributed by atoms with Crippen LogP contribution in [0.25, 0.3) is 27.6 Å². The maximum absolute atomic E-state index is 4.94. The molecule has 0 bridgehead atoms. The van der Waals surface area contributed by atoms with Crippen molar-refractivity contribution in [2.24, 2.45) is 0 Å². The van der Waals surface area contributed by atoms with Gasteiger partial charge in [-0.05, 0) is 30.3 Å². The molecule has 0 amide bonds. The Hall–Kier alpha value is -1.94. The third-order valence-corrected chi connectivity index (χ3v) is 4.36. The summed E-state index contributed by atoms with van der Waals surface area (Å²) in [7, 11) is 0. The monoisotopic (exact) mass is 353 g/mol. The van der Waals surface area contributed by atoms with Crippen molar-refractivity contribution in [2.45, 2.75) is 26.2 Å². The fraction of sp³-hybridized carbons (Fsp3) is 0.222. The van der Waals surface area contributed by atoms with Gasteiger partial charge in [0.15, 0.2) is 0 Å². The van der Waals surface area contributed by atoms with Gasteiger partial charge in [-0.2, -0.15) is 0 Å². The van der Waals surface area contributed by atoms with Gasteiger partial charge in [-0.3, -0.25) is 4.40 Å². The van der Waals surface area contributed by atoms with Gasteiger partial charge in [0.25, 0.3) is 0 Å². The molecular formula is C18H16BrN3. The minimum Gasteiger partial charge on any atom is -0.279 e. The van der Waals surface area contributed by atoms with Crippen LogP contribution in [0.4, 0.5) is 0 Å². The molecule has 0 atom stereocenters. The number of nitrogens with zero attached hydrogens (tertiary/aromatic N) is 3. The van der Waals surface area contributed by atoms with E-state index in [9.17, 15) is 0 Å². The van der Waals surface area contributed by atoms with Crippen molar-refractivity contribution in [1.82, 2.24) is 14.4 Å². The van der Waals surface area contributed by atoms with Gasteiger partial charge in [-0.15, -0.1) is 0 Å². The average molecular weight is 354 g/mol. The molecular weight excluding hydrogens is 338 g/mol. The Kier molecular flexibility index (Phi) is 2.82. The van der Waals surface area contributed by atoms with Crippen LogP contribution in [0.5, 0.6) is 0 Å². The number of aromatic nitrogens is 3. The Morgan fingerprint density at radius 3 is 2.50 bits per heavy atom. The second kappa shape index (κ2) is 4.53. The Morgan fingerprint density at radius 2 is 1.73 bits per heavy atom. The average Bonchev–Trinajstić information content (AvgIpc) is 2.85. The van der Waals surface area contributed by atoms with Crippen LogP contribution in [-0.2, 0) is 5.41 Å². The molecule has 0 radical (unpaired) electrons. The van der Waals surface area contributed by atoms with E-state index in [1.807, 2.05) is 24.3 Å². The molecule has 4 heteroatoms. The predicted octanol–water partition coefficient (Wildman–Crippen LogP) is 5.10. The summed E-state index contributed by atoms with van der Waals surface area (Å²) in [6.45, 7) is 6.57. The fourth-order valence-electron chi connectivity index (χ4n) is 2.87. The molecule has 3 nitrogen and oxygen atoms in total. The third-order valence-electron chi connectivity index (χ3n) is 3.87. The lowest BCUT2D eigenvalue weighted by Gasteiger charge is -2.20. The first kappa shape index (κ1) is 13.7. The van der Waals surface area contributed by atoms with Crippen molar-refractivity contribution in [2.75, 3.05) is 0 Å². The quantitative estimate of drug-likeness (QED) is 0.440. The molecule has 2 heterocycles. The molecule has 0 N–H and O–H groups in total. The molecule has 2 aromatic heterocycles.